The van der Waals surface area contributed by atoms with Gasteiger partial charge >= 0.3 is 0 Å². The van der Waals surface area contributed by atoms with E-state index in [0.717, 1.165) is 24.2 Å². The summed E-state index contributed by atoms with van der Waals surface area (Å²) in [7, 11) is 1.95. The fraction of sp³-hybridized carbons (Fsp3) is 0.438. The van der Waals surface area contributed by atoms with Gasteiger partial charge in [0.25, 0.3) is 0 Å². The van der Waals surface area contributed by atoms with Crippen molar-refractivity contribution >= 4 is 10.9 Å². The molecule has 0 saturated carbocycles. The Hall–Kier alpha value is -1.45. The average molecular weight is 258 g/mol. The number of fused-ring (bicyclic) bond motifs is 1. The molecule has 1 aromatic heterocycles. The van der Waals surface area contributed by atoms with Crippen molar-refractivity contribution in [1.29, 1.82) is 0 Å². The van der Waals surface area contributed by atoms with Crippen molar-refractivity contribution in [2.75, 3.05) is 20.3 Å². The Kier molecular flexibility index (Phi) is 4.88. The molecule has 0 saturated heterocycles. The van der Waals surface area contributed by atoms with E-state index in [9.17, 15) is 0 Å². The van der Waals surface area contributed by atoms with E-state index in [2.05, 4.69) is 43.4 Å². The third-order valence-corrected chi connectivity index (χ3v) is 3.28. The fourth-order valence-electron chi connectivity index (χ4n) is 2.22. The summed E-state index contributed by atoms with van der Waals surface area (Å²) in [6.45, 7) is 5.71. The van der Waals surface area contributed by atoms with Crippen LogP contribution in [0.1, 0.15) is 30.6 Å². The molecule has 1 unspecified atom stereocenters. The van der Waals surface area contributed by atoms with Gasteiger partial charge < -0.3 is 10.1 Å². The van der Waals surface area contributed by atoms with Crippen molar-refractivity contribution in [1.82, 2.24) is 10.3 Å². The molecule has 0 aliphatic rings. The summed E-state index contributed by atoms with van der Waals surface area (Å²) in [5, 5.41) is 4.50. The first-order chi connectivity index (χ1) is 9.26. The Morgan fingerprint density at radius 1 is 1.32 bits per heavy atom. The monoisotopic (exact) mass is 258 g/mol. The molecule has 19 heavy (non-hydrogen) atoms. The minimum atomic E-state index is 0.148. The number of aromatic nitrogens is 1. The van der Waals surface area contributed by atoms with Crippen molar-refractivity contribution in [2.24, 2.45) is 0 Å². The SMILES string of the molecule is CCCOCC(NC)c1cc(C)c2ccccc2n1. The van der Waals surface area contributed by atoms with Gasteiger partial charge in [-0.25, -0.2) is 0 Å². The second-order valence-electron chi connectivity index (χ2n) is 4.80. The summed E-state index contributed by atoms with van der Waals surface area (Å²) in [6, 6.07) is 10.6. The van der Waals surface area contributed by atoms with Crippen LogP contribution in [-0.4, -0.2) is 25.2 Å². The van der Waals surface area contributed by atoms with E-state index in [4.69, 9.17) is 9.72 Å². The molecule has 0 aliphatic heterocycles. The normalized spacial score (nSPS) is 12.8. The summed E-state index contributed by atoms with van der Waals surface area (Å²) in [5.74, 6) is 0. The van der Waals surface area contributed by atoms with Crippen LogP contribution in [0.2, 0.25) is 0 Å². The van der Waals surface area contributed by atoms with Crippen molar-refractivity contribution in [2.45, 2.75) is 26.3 Å². The van der Waals surface area contributed by atoms with Gasteiger partial charge in [-0.1, -0.05) is 25.1 Å². The average Bonchev–Trinajstić information content (AvgIpc) is 2.44. The number of para-hydroxylation sites is 1. The van der Waals surface area contributed by atoms with Crippen molar-refractivity contribution in [3.05, 3.63) is 41.6 Å². The topological polar surface area (TPSA) is 34.1 Å². The highest BCUT2D eigenvalue weighted by atomic mass is 16.5. The van der Waals surface area contributed by atoms with Crippen molar-refractivity contribution in [3.8, 4) is 0 Å². The molecule has 0 amide bonds. The lowest BCUT2D eigenvalue weighted by molar-refractivity contribution is 0.113. The second-order valence-corrected chi connectivity index (χ2v) is 4.80. The number of hydrogen-bond acceptors (Lipinski definition) is 3. The third-order valence-electron chi connectivity index (χ3n) is 3.28. The Balaban J connectivity index is 2.27. The maximum Gasteiger partial charge on any atom is 0.0730 e. The summed E-state index contributed by atoms with van der Waals surface area (Å²) < 4.78 is 5.64. The van der Waals surface area contributed by atoms with Gasteiger partial charge in [0.2, 0.25) is 0 Å². The maximum atomic E-state index is 5.64. The number of nitrogens with one attached hydrogen (secondary N) is 1. The predicted molar refractivity (Wildman–Crippen MR) is 79.4 cm³/mol. The highest BCUT2D eigenvalue weighted by Gasteiger charge is 2.12. The van der Waals surface area contributed by atoms with Crippen LogP contribution in [0, 0.1) is 6.92 Å². The second kappa shape index (κ2) is 6.64. The number of aryl methyl sites for hydroxylation is 1. The number of rotatable bonds is 6. The molecule has 0 spiro atoms. The number of hydrogen-bond donors (Lipinski definition) is 1. The molecule has 0 aliphatic carbocycles. The van der Waals surface area contributed by atoms with Crippen molar-refractivity contribution < 1.29 is 4.74 Å². The molecule has 1 heterocycles. The van der Waals surface area contributed by atoms with Crippen LogP contribution in [0.5, 0.6) is 0 Å². The molecule has 2 aromatic rings. The van der Waals surface area contributed by atoms with Crippen molar-refractivity contribution in [3.63, 3.8) is 0 Å². The quantitative estimate of drug-likeness (QED) is 0.808. The zero-order chi connectivity index (χ0) is 13.7. The lowest BCUT2D eigenvalue weighted by atomic mass is 10.1. The number of ether oxygens (including phenoxy) is 1. The van der Waals surface area contributed by atoms with Gasteiger partial charge in [-0.2, -0.15) is 0 Å². The Labute approximate surface area is 115 Å². The number of likely N-dealkylation sites (N-methyl/N-ethyl adjacent to an activating group) is 1. The van der Waals surface area contributed by atoms with Gasteiger partial charge in [-0.05, 0) is 38.1 Å². The van der Waals surface area contributed by atoms with Gasteiger partial charge in [-0.3, -0.25) is 4.98 Å². The zero-order valence-electron chi connectivity index (χ0n) is 11.9. The van der Waals surface area contributed by atoms with E-state index in [1.165, 1.54) is 10.9 Å². The van der Waals surface area contributed by atoms with Crippen LogP contribution in [0.4, 0.5) is 0 Å². The Morgan fingerprint density at radius 2 is 2.11 bits per heavy atom. The number of pyridine rings is 1. The standard InChI is InChI=1S/C16H22N2O/c1-4-9-19-11-16(17-3)15-10-12(2)13-7-5-6-8-14(13)18-15/h5-8,10,16-17H,4,9,11H2,1-3H3. The first-order valence-corrected chi connectivity index (χ1v) is 6.87. The molecule has 3 heteroatoms. The molecule has 2 rings (SSSR count). The first-order valence-electron chi connectivity index (χ1n) is 6.87. The van der Waals surface area contributed by atoms with Crippen LogP contribution < -0.4 is 5.32 Å². The zero-order valence-corrected chi connectivity index (χ0v) is 11.9. The maximum absolute atomic E-state index is 5.64. The predicted octanol–water partition coefficient (Wildman–Crippen LogP) is 3.23. The Morgan fingerprint density at radius 3 is 2.84 bits per heavy atom. The minimum Gasteiger partial charge on any atom is -0.379 e. The van der Waals surface area contributed by atoms with E-state index in [0.29, 0.717) is 6.61 Å². The van der Waals surface area contributed by atoms with Crippen LogP contribution in [0.3, 0.4) is 0 Å². The molecule has 0 bridgehead atoms. The van der Waals surface area contributed by atoms with Gasteiger partial charge in [-0.15, -0.1) is 0 Å². The largest absolute Gasteiger partial charge is 0.379 e. The molecule has 1 N–H and O–H groups in total. The molecule has 3 nitrogen and oxygen atoms in total. The van der Waals surface area contributed by atoms with Gasteiger partial charge in [0.1, 0.15) is 0 Å². The molecule has 1 aromatic carbocycles. The van der Waals surface area contributed by atoms with Gasteiger partial charge in [0, 0.05) is 12.0 Å². The summed E-state index contributed by atoms with van der Waals surface area (Å²) >= 11 is 0. The highest BCUT2D eigenvalue weighted by molar-refractivity contribution is 5.82. The lowest BCUT2D eigenvalue weighted by Crippen LogP contribution is -2.23. The molecule has 0 fully saturated rings. The van der Waals surface area contributed by atoms with Crippen LogP contribution in [0.15, 0.2) is 30.3 Å². The first kappa shape index (κ1) is 14.0. The number of benzene rings is 1. The van der Waals surface area contributed by atoms with E-state index >= 15 is 0 Å². The van der Waals surface area contributed by atoms with Crippen LogP contribution >= 0.6 is 0 Å². The van der Waals surface area contributed by atoms with E-state index in [1.54, 1.807) is 0 Å². The van der Waals surface area contributed by atoms with Gasteiger partial charge in [0.15, 0.2) is 0 Å². The molecule has 1 atom stereocenters. The van der Waals surface area contributed by atoms with Gasteiger partial charge in [0.05, 0.1) is 23.9 Å². The highest BCUT2D eigenvalue weighted by Crippen LogP contribution is 2.21. The minimum absolute atomic E-state index is 0.148. The van der Waals surface area contributed by atoms with Crippen LogP contribution in [0.25, 0.3) is 10.9 Å². The molecule has 0 radical (unpaired) electrons. The summed E-state index contributed by atoms with van der Waals surface area (Å²) in [5.41, 5.74) is 3.36. The van der Waals surface area contributed by atoms with Crippen LogP contribution in [-0.2, 0) is 4.74 Å². The molecular formula is C16H22N2O. The van der Waals surface area contributed by atoms with E-state index < -0.39 is 0 Å². The number of nitrogens with zero attached hydrogens (tertiary/aromatic N) is 1. The third kappa shape index (κ3) is 3.31. The fourth-order valence-corrected chi connectivity index (χ4v) is 2.22. The van der Waals surface area contributed by atoms with E-state index in [1.807, 2.05) is 13.1 Å². The lowest BCUT2D eigenvalue weighted by Gasteiger charge is -2.17. The molecule has 102 valence electrons. The smallest absolute Gasteiger partial charge is 0.0730 e. The molecular weight excluding hydrogens is 236 g/mol. The summed E-state index contributed by atoms with van der Waals surface area (Å²) in [4.78, 5) is 4.74. The summed E-state index contributed by atoms with van der Waals surface area (Å²) in [6.07, 6.45) is 1.04. The Bertz CT molecular complexity index is 539. The van der Waals surface area contributed by atoms with E-state index in [-0.39, 0.29) is 6.04 Å².